The molecule has 20 heavy (non-hydrogen) atoms. The van der Waals surface area contributed by atoms with E-state index < -0.39 is 17.5 Å². The number of nitrogen functional groups attached to an aromatic ring is 1. The Kier molecular flexibility index (Phi) is 2.83. The lowest BCUT2D eigenvalue weighted by Crippen LogP contribution is -2.04. The summed E-state index contributed by atoms with van der Waals surface area (Å²) >= 11 is 5.80. The number of benzene rings is 2. The van der Waals surface area contributed by atoms with Gasteiger partial charge in [0.25, 0.3) is 0 Å². The monoisotopic (exact) mass is 297 g/mol. The van der Waals surface area contributed by atoms with Crippen LogP contribution in [0.15, 0.2) is 30.3 Å². The first-order valence-corrected chi connectivity index (χ1v) is 5.94. The molecule has 0 atom stereocenters. The van der Waals surface area contributed by atoms with Crippen molar-refractivity contribution in [3.8, 4) is 5.69 Å². The van der Waals surface area contributed by atoms with Crippen LogP contribution in [-0.2, 0) is 0 Å². The van der Waals surface area contributed by atoms with Crippen molar-refractivity contribution in [2.75, 3.05) is 5.73 Å². The highest BCUT2D eigenvalue weighted by Gasteiger charge is 2.19. The fourth-order valence-electron chi connectivity index (χ4n) is 2.02. The van der Waals surface area contributed by atoms with E-state index in [1.54, 1.807) is 0 Å². The van der Waals surface area contributed by atoms with E-state index in [1.807, 2.05) is 0 Å². The van der Waals surface area contributed by atoms with Gasteiger partial charge >= 0.3 is 0 Å². The Balaban J connectivity index is 2.44. The summed E-state index contributed by atoms with van der Waals surface area (Å²) in [5, 5.41) is 0.236. The third kappa shape index (κ3) is 1.80. The molecule has 0 amide bonds. The zero-order valence-electron chi connectivity index (χ0n) is 9.87. The summed E-state index contributed by atoms with van der Waals surface area (Å²) in [4.78, 5) is 3.89. The number of nitrogens with two attached hydrogens (primary N) is 1. The van der Waals surface area contributed by atoms with Crippen LogP contribution >= 0.6 is 11.6 Å². The van der Waals surface area contributed by atoms with E-state index in [1.165, 1.54) is 18.2 Å². The average molecular weight is 298 g/mol. The largest absolute Gasteiger partial charge is 0.369 e. The third-order valence-corrected chi connectivity index (χ3v) is 3.12. The second-order valence-corrected chi connectivity index (χ2v) is 4.57. The molecule has 0 aliphatic rings. The molecular weight excluding hydrogens is 291 g/mol. The summed E-state index contributed by atoms with van der Waals surface area (Å²) in [6, 6.07) is 5.91. The number of nitrogens with zero attached hydrogens (tertiary/aromatic N) is 2. The fraction of sp³-hybridized carbons (Fsp3) is 0. The second kappa shape index (κ2) is 4.42. The van der Waals surface area contributed by atoms with Crippen molar-refractivity contribution in [3.63, 3.8) is 0 Å². The number of hydrogen-bond acceptors (Lipinski definition) is 2. The normalized spacial score (nSPS) is 11.2. The van der Waals surface area contributed by atoms with E-state index in [0.29, 0.717) is 0 Å². The molecule has 0 fully saturated rings. The van der Waals surface area contributed by atoms with E-state index in [0.717, 1.165) is 16.7 Å². The van der Waals surface area contributed by atoms with E-state index in [2.05, 4.69) is 4.98 Å². The van der Waals surface area contributed by atoms with Gasteiger partial charge in [-0.1, -0.05) is 11.6 Å². The maximum Gasteiger partial charge on any atom is 0.206 e. The lowest BCUT2D eigenvalue weighted by Gasteiger charge is -2.09. The van der Waals surface area contributed by atoms with Crippen LogP contribution in [0.5, 0.6) is 0 Å². The van der Waals surface area contributed by atoms with E-state index >= 15 is 0 Å². The maximum atomic E-state index is 13.9. The van der Waals surface area contributed by atoms with Crippen LogP contribution in [0.4, 0.5) is 19.1 Å². The summed E-state index contributed by atoms with van der Waals surface area (Å²) < 4.78 is 42.2. The van der Waals surface area contributed by atoms with Gasteiger partial charge in [0.1, 0.15) is 11.3 Å². The SMILES string of the molecule is Nc1nc2ccc(F)c(F)c2n1-c1cc(Cl)ccc1F. The molecular formula is C13H7ClF3N3. The Bertz CT molecular complexity index is 829. The molecule has 7 heteroatoms. The molecule has 3 nitrogen and oxygen atoms in total. The highest BCUT2D eigenvalue weighted by Crippen LogP contribution is 2.29. The van der Waals surface area contributed by atoms with Gasteiger partial charge in [0.05, 0.1) is 11.2 Å². The molecule has 0 bridgehead atoms. The molecule has 102 valence electrons. The molecule has 0 unspecified atom stereocenters. The minimum absolute atomic E-state index is 0.0954. The van der Waals surface area contributed by atoms with E-state index in [9.17, 15) is 13.2 Å². The average Bonchev–Trinajstić information content (AvgIpc) is 2.74. The summed E-state index contributed by atoms with van der Waals surface area (Å²) in [5.74, 6) is -3.05. The van der Waals surface area contributed by atoms with Crippen LogP contribution in [-0.4, -0.2) is 9.55 Å². The topological polar surface area (TPSA) is 43.8 Å². The van der Waals surface area contributed by atoms with Crippen molar-refractivity contribution in [1.82, 2.24) is 9.55 Å². The van der Waals surface area contributed by atoms with Gasteiger partial charge in [0, 0.05) is 5.02 Å². The van der Waals surface area contributed by atoms with Gasteiger partial charge in [-0.2, -0.15) is 0 Å². The zero-order valence-corrected chi connectivity index (χ0v) is 10.6. The number of rotatable bonds is 1. The minimum Gasteiger partial charge on any atom is -0.369 e. The molecule has 1 aromatic heterocycles. The summed E-state index contributed by atoms with van der Waals surface area (Å²) in [6.45, 7) is 0. The number of halogens is 4. The van der Waals surface area contributed by atoms with E-state index in [-0.39, 0.29) is 27.7 Å². The molecule has 0 saturated carbocycles. The molecule has 2 aromatic carbocycles. The van der Waals surface area contributed by atoms with Gasteiger partial charge in [-0.3, -0.25) is 4.57 Å². The second-order valence-electron chi connectivity index (χ2n) is 4.13. The third-order valence-electron chi connectivity index (χ3n) is 2.88. The van der Waals surface area contributed by atoms with E-state index in [4.69, 9.17) is 17.3 Å². The molecule has 0 aliphatic heterocycles. The van der Waals surface area contributed by atoms with Crippen molar-refractivity contribution in [3.05, 3.63) is 52.8 Å². The molecule has 0 aliphatic carbocycles. The van der Waals surface area contributed by atoms with Gasteiger partial charge in [0.15, 0.2) is 11.6 Å². The number of fused-ring (bicyclic) bond motifs is 1. The summed E-state index contributed by atoms with van der Waals surface area (Å²) in [6.07, 6.45) is 0. The van der Waals surface area contributed by atoms with Crippen LogP contribution in [0.1, 0.15) is 0 Å². The maximum absolute atomic E-state index is 13.9. The summed E-state index contributed by atoms with van der Waals surface area (Å²) in [7, 11) is 0. The van der Waals surface area contributed by atoms with Crippen LogP contribution in [0.25, 0.3) is 16.7 Å². The molecule has 0 radical (unpaired) electrons. The Hall–Kier alpha value is -2.21. The van der Waals surface area contributed by atoms with Crippen LogP contribution in [0.2, 0.25) is 5.02 Å². The predicted molar refractivity (Wildman–Crippen MR) is 70.4 cm³/mol. The van der Waals surface area contributed by atoms with Crippen molar-refractivity contribution < 1.29 is 13.2 Å². The van der Waals surface area contributed by atoms with Crippen molar-refractivity contribution in [2.45, 2.75) is 0 Å². The standard InChI is InChI=1S/C13H7ClF3N3/c14-6-1-2-7(15)10(5-6)20-12-9(19-13(20)18)4-3-8(16)11(12)17/h1-5H,(H2,18,19). The van der Waals surface area contributed by atoms with Crippen molar-refractivity contribution >= 4 is 28.6 Å². The Morgan fingerprint density at radius 2 is 1.75 bits per heavy atom. The first-order valence-electron chi connectivity index (χ1n) is 5.56. The molecule has 3 aromatic rings. The Morgan fingerprint density at radius 3 is 2.50 bits per heavy atom. The fourth-order valence-corrected chi connectivity index (χ4v) is 2.19. The van der Waals surface area contributed by atoms with Gasteiger partial charge < -0.3 is 5.73 Å². The molecule has 1 heterocycles. The predicted octanol–water partition coefficient (Wildman–Crippen LogP) is 3.68. The zero-order chi connectivity index (χ0) is 14.4. The Labute approximate surface area is 116 Å². The van der Waals surface area contributed by atoms with Gasteiger partial charge in [-0.05, 0) is 30.3 Å². The molecule has 0 saturated heterocycles. The molecule has 2 N–H and O–H groups in total. The Morgan fingerprint density at radius 1 is 1.05 bits per heavy atom. The van der Waals surface area contributed by atoms with Crippen molar-refractivity contribution in [1.29, 1.82) is 0 Å². The van der Waals surface area contributed by atoms with Crippen LogP contribution in [0, 0.1) is 17.5 Å². The molecule has 3 rings (SSSR count). The number of anilines is 1. The minimum atomic E-state index is -1.15. The number of imidazole rings is 1. The van der Waals surface area contributed by atoms with Gasteiger partial charge in [-0.15, -0.1) is 0 Å². The first-order chi connectivity index (χ1) is 9.49. The lowest BCUT2D eigenvalue weighted by molar-refractivity contribution is 0.514. The first kappa shape index (κ1) is 12.8. The van der Waals surface area contributed by atoms with Crippen LogP contribution in [0.3, 0.4) is 0 Å². The van der Waals surface area contributed by atoms with Gasteiger partial charge in [-0.25, -0.2) is 18.2 Å². The van der Waals surface area contributed by atoms with Crippen molar-refractivity contribution in [2.24, 2.45) is 0 Å². The number of hydrogen-bond donors (Lipinski definition) is 1. The smallest absolute Gasteiger partial charge is 0.206 e. The summed E-state index contributed by atoms with van der Waals surface area (Å²) in [5.41, 5.74) is 5.47. The van der Waals surface area contributed by atoms with Crippen LogP contribution < -0.4 is 5.73 Å². The number of aromatic nitrogens is 2. The molecule has 0 spiro atoms. The van der Waals surface area contributed by atoms with Gasteiger partial charge in [0.2, 0.25) is 5.95 Å². The highest BCUT2D eigenvalue weighted by atomic mass is 35.5. The lowest BCUT2D eigenvalue weighted by atomic mass is 10.2. The highest BCUT2D eigenvalue weighted by molar-refractivity contribution is 6.30. The quantitative estimate of drug-likeness (QED) is 0.744.